The molecule has 0 spiro atoms. The van der Waals surface area contributed by atoms with Crippen molar-refractivity contribution in [1.82, 2.24) is 14.8 Å². The third-order valence-electron chi connectivity index (χ3n) is 4.03. The maximum atomic E-state index is 12.4. The molecule has 0 aliphatic rings. The monoisotopic (exact) mass is 412 g/mol. The van der Waals surface area contributed by atoms with E-state index in [1.807, 2.05) is 35.8 Å². The van der Waals surface area contributed by atoms with E-state index in [2.05, 4.69) is 15.5 Å². The van der Waals surface area contributed by atoms with E-state index in [-0.39, 0.29) is 11.7 Å². The summed E-state index contributed by atoms with van der Waals surface area (Å²) in [6.45, 7) is 1.85. The molecule has 1 N–H and O–H groups in total. The van der Waals surface area contributed by atoms with Crippen LogP contribution in [0.2, 0.25) is 0 Å². The van der Waals surface area contributed by atoms with Crippen LogP contribution in [0.3, 0.4) is 0 Å². The molecule has 0 aliphatic carbocycles. The van der Waals surface area contributed by atoms with Gasteiger partial charge in [-0.3, -0.25) is 9.36 Å². The fraction of sp³-hybridized carbons (Fsp3) is 0.200. The van der Waals surface area contributed by atoms with E-state index < -0.39 is 5.97 Å². The summed E-state index contributed by atoms with van der Waals surface area (Å²) >= 11 is 1.27. The number of benzene rings is 2. The lowest BCUT2D eigenvalue weighted by Crippen LogP contribution is -2.15. The fourth-order valence-electron chi connectivity index (χ4n) is 2.63. The van der Waals surface area contributed by atoms with Gasteiger partial charge >= 0.3 is 5.97 Å². The first-order valence-corrected chi connectivity index (χ1v) is 9.68. The molecule has 0 fully saturated rings. The molecule has 1 heterocycles. The first kappa shape index (κ1) is 20.4. The molecule has 1 amide bonds. The number of nitrogens with zero attached hydrogens (tertiary/aromatic N) is 3. The number of ether oxygens (including phenoxy) is 2. The van der Waals surface area contributed by atoms with Crippen molar-refractivity contribution in [3.05, 3.63) is 59.9 Å². The predicted molar refractivity (Wildman–Crippen MR) is 110 cm³/mol. The predicted octanol–water partition coefficient (Wildman–Crippen LogP) is 3.10. The van der Waals surface area contributed by atoms with E-state index >= 15 is 0 Å². The van der Waals surface area contributed by atoms with E-state index in [1.54, 1.807) is 31.4 Å². The van der Waals surface area contributed by atoms with Gasteiger partial charge in [-0.15, -0.1) is 10.2 Å². The van der Waals surface area contributed by atoms with Gasteiger partial charge in [0.15, 0.2) is 5.16 Å². The summed E-state index contributed by atoms with van der Waals surface area (Å²) in [6, 6.07) is 14.1. The molecule has 0 radical (unpaired) electrons. The number of aryl methyl sites for hydroxylation is 1. The summed E-state index contributed by atoms with van der Waals surface area (Å²) in [4.78, 5) is 24.0. The molecule has 3 aromatic rings. The topological polar surface area (TPSA) is 95.3 Å². The first-order chi connectivity index (χ1) is 14.0. The van der Waals surface area contributed by atoms with Crippen LogP contribution in [-0.2, 0) is 9.53 Å². The van der Waals surface area contributed by atoms with Crippen molar-refractivity contribution in [2.75, 3.05) is 25.3 Å². The largest absolute Gasteiger partial charge is 0.497 e. The average Bonchev–Trinajstić information content (AvgIpc) is 3.12. The number of anilines is 1. The molecule has 29 heavy (non-hydrogen) atoms. The lowest BCUT2D eigenvalue weighted by atomic mass is 10.2. The molecule has 9 heteroatoms. The maximum Gasteiger partial charge on any atom is 0.337 e. The van der Waals surface area contributed by atoms with Crippen LogP contribution in [0.1, 0.15) is 16.2 Å². The van der Waals surface area contributed by atoms with Crippen molar-refractivity contribution in [2.45, 2.75) is 12.1 Å². The molecule has 3 rings (SSSR count). The van der Waals surface area contributed by atoms with Crippen LogP contribution in [0, 0.1) is 6.92 Å². The average molecular weight is 412 g/mol. The van der Waals surface area contributed by atoms with E-state index in [0.717, 1.165) is 11.4 Å². The quantitative estimate of drug-likeness (QED) is 0.471. The maximum absolute atomic E-state index is 12.4. The van der Waals surface area contributed by atoms with Gasteiger partial charge in [0.05, 0.1) is 25.5 Å². The third kappa shape index (κ3) is 4.94. The fourth-order valence-corrected chi connectivity index (χ4v) is 3.43. The Hall–Kier alpha value is -3.33. The Morgan fingerprint density at radius 1 is 1.10 bits per heavy atom. The van der Waals surface area contributed by atoms with E-state index in [1.165, 1.54) is 18.9 Å². The van der Waals surface area contributed by atoms with E-state index in [4.69, 9.17) is 9.47 Å². The molecular formula is C20H20N4O4S. The van der Waals surface area contributed by atoms with Gasteiger partial charge in [-0.25, -0.2) is 4.79 Å². The van der Waals surface area contributed by atoms with Gasteiger partial charge in [-0.05, 0) is 49.4 Å². The van der Waals surface area contributed by atoms with E-state index in [0.29, 0.717) is 22.2 Å². The Morgan fingerprint density at radius 2 is 1.86 bits per heavy atom. The number of hydrogen-bond donors (Lipinski definition) is 1. The molecule has 150 valence electrons. The Bertz CT molecular complexity index is 1020. The molecule has 0 atom stereocenters. The van der Waals surface area contributed by atoms with Crippen LogP contribution < -0.4 is 10.1 Å². The third-order valence-corrected chi connectivity index (χ3v) is 4.95. The molecule has 0 aliphatic heterocycles. The molecular weight excluding hydrogens is 392 g/mol. The van der Waals surface area contributed by atoms with Crippen molar-refractivity contribution < 1.29 is 19.1 Å². The van der Waals surface area contributed by atoms with Crippen molar-refractivity contribution in [2.24, 2.45) is 0 Å². The Kier molecular flexibility index (Phi) is 6.50. The highest BCUT2D eigenvalue weighted by atomic mass is 32.2. The minimum Gasteiger partial charge on any atom is -0.497 e. The second-order valence-corrected chi connectivity index (χ2v) is 6.91. The second kappa shape index (κ2) is 9.24. The van der Waals surface area contributed by atoms with Crippen LogP contribution in [0.4, 0.5) is 5.69 Å². The SMILES string of the molecule is COC(=O)c1cccc(NC(=O)CSc2nnc(C)n2-c2ccc(OC)cc2)c1. The highest BCUT2D eigenvalue weighted by molar-refractivity contribution is 7.99. The highest BCUT2D eigenvalue weighted by Crippen LogP contribution is 2.23. The number of methoxy groups -OCH3 is 2. The van der Waals surface area contributed by atoms with Gasteiger partial charge in [-0.1, -0.05) is 17.8 Å². The lowest BCUT2D eigenvalue weighted by molar-refractivity contribution is -0.113. The Labute approximate surface area is 172 Å². The summed E-state index contributed by atoms with van der Waals surface area (Å²) in [5.74, 6) is 0.917. The number of carbonyl (C=O) groups excluding carboxylic acids is 2. The van der Waals surface area contributed by atoms with Crippen molar-refractivity contribution in [3.63, 3.8) is 0 Å². The first-order valence-electron chi connectivity index (χ1n) is 8.69. The Balaban J connectivity index is 1.67. The molecule has 8 nitrogen and oxygen atoms in total. The molecule has 0 saturated carbocycles. The van der Waals surface area contributed by atoms with Gasteiger partial charge in [0.1, 0.15) is 11.6 Å². The zero-order valence-corrected chi connectivity index (χ0v) is 17.0. The summed E-state index contributed by atoms with van der Waals surface area (Å²) in [7, 11) is 2.92. The highest BCUT2D eigenvalue weighted by Gasteiger charge is 2.14. The number of carbonyl (C=O) groups is 2. The molecule has 1 aromatic heterocycles. The lowest BCUT2D eigenvalue weighted by Gasteiger charge is -2.10. The number of rotatable bonds is 7. The zero-order valence-electron chi connectivity index (χ0n) is 16.2. The van der Waals surface area contributed by atoms with Gasteiger partial charge in [0, 0.05) is 11.4 Å². The summed E-state index contributed by atoms with van der Waals surface area (Å²) in [5, 5.41) is 11.7. The molecule has 0 saturated heterocycles. The number of amides is 1. The number of aromatic nitrogens is 3. The van der Waals surface area contributed by atoms with Crippen molar-refractivity contribution in [3.8, 4) is 11.4 Å². The normalized spacial score (nSPS) is 10.4. The van der Waals surface area contributed by atoms with Crippen molar-refractivity contribution in [1.29, 1.82) is 0 Å². The van der Waals surface area contributed by atoms with Crippen LogP contribution in [0.15, 0.2) is 53.7 Å². The van der Waals surface area contributed by atoms with Gasteiger partial charge in [0.2, 0.25) is 5.91 Å². The molecule has 0 bridgehead atoms. The second-order valence-electron chi connectivity index (χ2n) is 5.97. The summed E-state index contributed by atoms with van der Waals surface area (Å²) in [5.41, 5.74) is 1.76. The van der Waals surface area contributed by atoms with Crippen molar-refractivity contribution >= 4 is 29.3 Å². The standard InChI is InChI=1S/C20H20N4O4S/c1-13-22-23-20(24(13)16-7-9-17(27-2)10-8-16)29-12-18(25)21-15-6-4-5-14(11-15)19(26)28-3/h4-11H,12H2,1-3H3,(H,21,25). The molecule has 2 aromatic carbocycles. The summed E-state index contributed by atoms with van der Waals surface area (Å²) in [6.07, 6.45) is 0. The number of nitrogens with one attached hydrogen (secondary N) is 1. The van der Waals surface area contributed by atoms with Crippen LogP contribution in [0.5, 0.6) is 5.75 Å². The van der Waals surface area contributed by atoms with Gasteiger partial charge in [0.25, 0.3) is 0 Å². The minimum atomic E-state index is -0.460. The minimum absolute atomic E-state index is 0.136. The smallest absolute Gasteiger partial charge is 0.337 e. The van der Waals surface area contributed by atoms with Gasteiger partial charge in [-0.2, -0.15) is 0 Å². The number of esters is 1. The number of thioether (sulfide) groups is 1. The zero-order chi connectivity index (χ0) is 20.8. The van der Waals surface area contributed by atoms with Crippen LogP contribution in [-0.4, -0.2) is 46.6 Å². The van der Waals surface area contributed by atoms with E-state index in [9.17, 15) is 9.59 Å². The Morgan fingerprint density at radius 3 is 2.55 bits per heavy atom. The molecule has 0 unspecified atom stereocenters. The van der Waals surface area contributed by atoms with Crippen LogP contribution in [0.25, 0.3) is 5.69 Å². The summed E-state index contributed by atoms with van der Waals surface area (Å²) < 4.78 is 11.7. The van der Waals surface area contributed by atoms with Crippen LogP contribution >= 0.6 is 11.8 Å². The van der Waals surface area contributed by atoms with Gasteiger partial charge < -0.3 is 14.8 Å². The number of hydrogen-bond acceptors (Lipinski definition) is 7.